The van der Waals surface area contributed by atoms with Crippen LogP contribution < -0.4 is 15.1 Å². The van der Waals surface area contributed by atoms with Crippen LogP contribution in [0, 0.1) is 0 Å². The van der Waals surface area contributed by atoms with Gasteiger partial charge in [0, 0.05) is 51.0 Å². The molecule has 0 spiro atoms. The van der Waals surface area contributed by atoms with E-state index in [-0.39, 0.29) is 11.1 Å². The lowest BCUT2D eigenvalue weighted by Crippen LogP contribution is -2.53. The first-order valence-electron chi connectivity index (χ1n) is 12.6. The summed E-state index contributed by atoms with van der Waals surface area (Å²) in [5, 5.41) is 1.96. The van der Waals surface area contributed by atoms with E-state index in [1.165, 1.54) is 25.9 Å². The van der Waals surface area contributed by atoms with E-state index in [1.54, 1.807) is 6.08 Å². The summed E-state index contributed by atoms with van der Waals surface area (Å²) in [6.45, 7) is 9.44. The Bertz CT molecular complexity index is 1130. The molecular weight excluding hydrogens is 474 g/mol. The maximum absolute atomic E-state index is 12.1. The molecule has 3 aliphatic heterocycles. The summed E-state index contributed by atoms with van der Waals surface area (Å²) in [6.07, 6.45) is 4.14. The molecule has 3 fully saturated rings. The molecule has 2 aromatic rings. The number of carbonyl (C=O) groups excluding carboxylic acids is 2. The highest BCUT2D eigenvalue weighted by atomic mass is 32.2. The fraction of sp³-hybridized carbons (Fsp3) is 0.462. The van der Waals surface area contributed by atoms with Gasteiger partial charge in [0.05, 0.1) is 10.6 Å². The van der Waals surface area contributed by atoms with Crippen molar-refractivity contribution in [3.05, 3.63) is 47.0 Å². The Hall–Kier alpha value is -2.95. The van der Waals surface area contributed by atoms with Gasteiger partial charge in [-0.1, -0.05) is 25.1 Å². The van der Waals surface area contributed by atoms with Crippen molar-refractivity contribution in [3.63, 3.8) is 0 Å². The number of para-hydroxylation sites is 1. The maximum Gasteiger partial charge on any atom is 0.290 e. The van der Waals surface area contributed by atoms with Crippen LogP contribution in [0.2, 0.25) is 0 Å². The molecule has 1 aromatic carbocycles. The van der Waals surface area contributed by atoms with Crippen molar-refractivity contribution >= 4 is 46.4 Å². The number of hydrogen-bond acceptors (Lipinski definition) is 9. The standard InChI is InChI=1S/C26H33N7O2S/c1-3-31-11-9-21(10-12-31)32-13-15-33(16-14-32)25-27-19(17-22-24(34)29-26(35)36-22)18-23(28-25)30(2)20-7-5-4-6-8-20/h4-8,17-18,21H,3,9-16H2,1-2H3,(H,29,34,35)/b22-17+. The van der Waals surface area contributed by atoms with Gasteiger partial charge in [0.25, 0.3) is 11.1 Å². The topological polar surface area (TPSA) is 84.9 Å². The van der Waals surface area contributed by atoms with Gasteiger partial charge in [0.15, 0.2) is 0 Å². The van der Waals surface area contributed by atoms with Crippen LogP contribution in [-0.4, -0.2) is 89.8 Å². The van der Waals surface area contributed by atoms with Crippen molar-refractivity contribution in [1.82, 2.24) is 25.1 Å². The molecule has 190 valence electrons. The molecular formula is C26H33N7O2S. The molecule has 2 amide bonds. The number of imide groups is 1. The van der Waals surface area contributed by atoms with Gasteiger partial charge in [0.1, 0.15) is 5.82 Å². The van der Waals surface area contributed by atoms with Crippen LogP contribution >= 0.6 is 11.8 Å². The fourth-order valence-electron chi connectivity index (χ4n) is 5.05. The van der Waals surface area contributed by atoms with Crippen LogP contribution in [0.5, 0.6) is 0 Å². The van der Waals surface area contributed by atoms with Crippen LogP contribution in [0.1, 0.15) is 25.5 Å². The molecule has 9 nitrogen and oxygen atoms in total. The molecule has 0 atom stereocenters. The van der Waals surface area contributed by atoms with E-state index in [1.807, 2.05) is 48.3 Å². The summed E-state index contributed by atoms with van der Waals surface area (Å²) in [7, 11) is 1.97. The van der Waals surface area contributed by atoms with Gasteiger partial charge in [-0.2, -0.15) is 4.98 Å². The zero-order valence-electron chi connectivity index (χ0n) is 20.9. The quantitative estimate of drug-likeness (QED) is 0.593. The second-order valence-electron chi connectivity index (χ2n) is 9.39. The number of nitrogens with zero attached hydrogens (tertiary/aromatic N) is 6. The molecule has 10 heteroatoms. The largest absolute Gasteiger partial charge is 0.338 e. The Morgan fingerprint density at radius 2 is 1.78 bits per heavy atom. The Morgan fingerprint density at radius 1 is 1.06 bits per heavy atom. The number of carbonyl (C=O) groups is 2. The van der Waals surface area contributed by atoms with E-state index in [2.05, 4.69) is 26.9 Å². The number of piperazine rings is 1. The summed E-state index contributed by atoms with van der Waals surface area (Å²) >= 11 is 0.902. The van der Waals surface area contributed by atoms with Gasteiger partial charge in [-0.25, -0.2) is 4.98 Å². The molecule has 0 radical (unpaired) electrons. The second kappa shape index (κ2) is 11.0. The number of rotatable bonds is 6. The zero-order chi connectivity index (χ0) is 25.1. The molecule has 36 heavy (non-hydrogen) atoms. The zero-order valence-corrected chi connectivity index (χ0v) is 21.7. The minimum atomic E-state index is -0.383. The molecule has 0 aliphatic carbocycles. The van der Waals surface area contributed by atoms with Crippen molar-refractivity contribution in [2.45, 2.75) is 25.8 Å². The van der Waals surface area contributed by atoms with E-state index >= 15 is 0 Å². The first-order valence-corrected chi connectivity index (χ1v) is 13.5. The lowest BCUT2D eigenvalue weighted by molar-refractivity contribution is -0.115. The van der Waals surface area contributed by atoms with Crippen LogP contribution in [0.3, 0.4) is 0 Å². The smallest absolute Gasteiger partial charge is 0.290 e. The molecule has 0 bridgehead atoms. The Kier molecular flexibility index (Phi) is 7.54. The van der Waals surface area contributed by atoms with Crippen molar-refractivity contribution in [3.8, 4) is 0 Å². The van der Waals surface area contributed by atoms with E-state index in [9.17, 15) is 9.59 Å². The van der Waals surface area contributed by atoms with Crippen molar-refractivity contribution in [2.75, 3.05) is 62.7 Å². The normalized spacial score (nSPS) is 21.3. The molecule has 3 aliphatic rings. The number of anilines is 3. The van der Waals surface area contributed by atoms with Gasteiger partial charge >= 0.3 is 0 Å². The van der Waals surface area contributed by atoms with Crippen LogP contribution in [0.15, 0.2) is 41.3 Å². The average molecular weight is 508 g/mol. The summed E-state index contributed by atoms with van der Waals surface area (Å²) < 4.78 is 0. The molecule has 1 aromatic heterocycles. The lowest BCUT2D eigenvalue weighted by Gasteiger charge is -2.42. The van der Waals surface area contributed by atoms with E-state index in [4.69, 9.17) is 9.97 Å². The van der Waals surface area contributed by atoms with E-state index in [0.29, 0.717) is 22.6 Å². The summed E-state index contributed by atoms with van der Waals surface area (Å²) in [6, 6.07) is 12.5. The van der Waals surface area contributed by atoms with Gasteiger partial charge in [-0.05, 0) is 62.4 Å². The van der Waals surface area contributed by atoms with Gasteiger partial charge in [-0.15, -0.1) is 0 Å². The van der Waals surface area contributed by atoms with Crippen molar-refractivity contribution < 1.29 is 9.59 Å². The number of nitrogens with one attached hydrogen (secondary N) is 1. The van der Waals surface area contributed by atoms with Gasteiger partial charge in [0.2, 0.25) is 5.95 Å². The number of hydrogen-bond donors (Lipinski definition) is 1. The van der Waals surface area contributed by atoms with Crippen LogP contribution in [0.4, 0.5) is 22.2 Å². The van der Waals surface area contributed by atoms with E-state index in [0.717, 1.165) is 56.0 Å². The van der Waals surface area contributed by atoms with E-state index < -0.39 is 0 Å². The molecule has 1 N–H and O–H groups in total. The molecule has 0 saturated carbocycles. The summed E-state index contributed by atoms with van der Waals surface area (Å²) in [5.74, 6) is 1.00. The highest BCUT2D eigenvalue weighted by Crippen LogP contribution is 2.29. The highest BCUT2D eigenvalue weighted by Gasteiger charge is 2.29. The SMILES string of the molecule is CCN1CCC(N2CCN(c3nc(/C=C4/SC(=O)NC4=O)cc(N(C)c4ccccc4)n3)CC2)CC1. The third-order valence-electron chi connectivity index (χ3n) is 7.25. The highest BCUT2D eigenvalue weighted by molar-refractivity contribution is 8.18. The summed E-state index contributed by atoms with van der Waals surface area (Å²) in [4.78, 5) is 43.3. The first kappa shape index (κ1) is 24.7. The molecule has 3 saturated heterocycles. The fourth-order valence-corrected chi connectivity index (χ4v) is 5.72. The number of thioether (sulfide) groups is 1. The Morgan fingerprint density at radius 3 is 2.42 bits per heavy atom. The maximum atomic E-state index is 12.1. The monoisotopic (exact) mass is 507 g/mol. The first-order chi connectivity index (χ1) is 17.5. The number of aromatic nitrogens is 2. The van der Waals surface area contributed by atoms with Crippen molar-refractivity contribution in [1.29, 1.82) is 0 Å². The van der Waals surface area contributed by atoms with Crippen LogP contribution in [-0.2, 0) is 4.79 Å². The number of amides is 2. The number of piperidine rings is 1. The number of likely N-dealkylation sites (tertiary alicyclic amines) is 1. The molecule has 4 heterocycles. The molecule has 5 rings (SSSR count). The Balaban J connectivity index is 1.36. The summed E-state index contributed by atoms with van der Waals surface area (Å²) in [5.41, 5.74) is 1.62. The third-order valence-corrected chi connectivity index (χ3v) is 8.06. The average Bonchev–Trinajstić information content (AvgIpc) is 3.24. The van der Waals surface area contributed by atoms with Crippen molar-refractivity contribution in [2.24, 2.45) is 0 Å². The number of benzene rings is 1. The second-order valence-corrected chi connectivity index (χ2v) is 10.4. The van der Waals surface area contributed by atoms with Gasteiger partial charge < -0.3 is 14.7 Å². The Labute approximate surface area is 216 Å². The third kappa shape index (κ3) is 5.55. The molecule has 0 unspecified atom stereocenters. The predicted octanol–water partition coefficient (Wildman–Crippen LogP) is 3.17. The minimum absolute atomic E-state index is 0.348. The van der Waals surface area contributed by atoms with Gasteiger partial charge in [-0.3, -0.25) is 19.8 Å². The predicted molar refractivity (Wildman–Crippen MR) is 145 cm³/mol. The lowest BCUT2D eigenvalue weighted by atomic mass is 10.0. The minimum Gasteiger partial charge on any atom is -0.338 e. The van der Waals surface area contributed by atoms with Crippen LogP contribution in [0.25, 0.3) is 6.08 Å².